The van der Waals surface area contributed by atoms with Crippen molar-refractivity contribution < 1.29 is 9.18 Å². The fourth-order valence-electron chi connectivity index (χ4n) is 1.79. The number of carbonyl (C=O) groups is 1. The highest BCUT2D eigenvalue weighted by molar-refractivity contribution is 6.30. The molecule has 0 spiro atoms. The molecule has 1 aromatic rings. The van der Waals surface area contributed by atoms with Crippen molar-refractivity contribution in [2.75, 3.05) is 0 Å². The van der Waals surface area contributed by atoms with Crippen LogP contribution >= 0.6 is 24.0 Å². The van der Waals surface area contributed by atoms with E-state index in [-0.39, 0.29) is 23.3 Å². The highest BCUT2D eigenvalue weighted by Gasteiger charge is 2.39. The molecular formula is C12H15Cl2FN2O. The SMILES string of the molecule is Cl.NC1(C(=O)NCc2ccc(F)c(Cl)c2)CCC1. The lowest BCUT2D eigenvalue weighted by Gasteiger charge is -2.36. The van der Waals surface area contributed by atoms with Crippen molar-refractivity contribution in [1.29, 1.82) is 0 Å². The van der Waals surface area contributed by atoms with Crippen molar-refractivity contribution >= 4 is 29.9 Å². The summed E-state index contributed by atoms with van der Waals surface area (Å²) in [5, 5.41) is 2.80. The maximum atomic E-state index is 12.9. The monoisotopic (exact) mass is 292 g/mol. The molecule has 0 heterocycles. The normalized spacial score (nSPS) is 16.4. The Morgan fingerprint density at radius 2 is 2.17 bits per heavy atom. The molecule has 100 valence electrons. The molecule has 0 unspecified atom stereocenters. The summed E-state index contributed by atoms with van der Waals surface area (Å²) in [5.41, 5.74) is 5.92. The smallest absolute Gasteiger partial charge is 0.240 e. The molecule has 6 heteroatoms. The zero-order valence-corrected chi connectivity index (χ0v) is 11.3. The lowest BCUT2D eigenvalue weighted by molar-refractivity contribution is -0.129. The average molecular weight is 293 g/mol. The highest BCUT2D eigenvalue weighted by Crippen LogP contribution is 2.29. The fraction of sp³-hybridized carbons (Fsp3) is 0.417. The molecule has 0 bridgehead atoms. The van der Waals surface area contributed by atoms with E-state index in [1.165, 1.54) is 12.1 Å². The summed E-state index contributed by atoms with van der Waals surface area (Å²) in [6, 6.07) is 4.37. The van der Waals surface area contributed by atoms with E-state index in [1.54, 1.807) is 6.07 Å². The molecule has 1 fully saturated rings. The lowest BCUT2D eigenvalue weighted by atomic mass is 9.77. The van der Waals surface area contributed by atoms with Crippen LogP contribution in [0.15, 0.2) is 18.2 Å². The summed E-state index contributed by atoms with van der Waals surface area (Å²) in [6.07, 6.45) is 2.44. The summed E-state index contributed by atoms with van der Waals surface area (Å²) in [7, 11) is 0. The van der Waals surface area contributed by atoms with Gasteiger partial charge in [0.15, 0.2) is 0 Å². The van der Waals surface area contributed by atoms with Crippen LogP contribution in [0.25, 0.3) is 0 Å². The minimum atomic E-state index is -0.705. The Morgan fingerprint density at radius 1 is 1.50 bits per heavy atom. The summed E-state index contributed by atoms with van der Waals surface area (Å²) in [5.74, 6) is -0.611. The van der Waals surface area contributed by atoms with E-state index in [1.807, 2.05) is 0 Å². The second kappa shape index (κ2) is 5.87. The molecule has 1 saturated carbocycles. The Kier molecular flexibility index (Phi) is 4.96. The van der Waals surface area contributed by atoms with Gasteiger partial charge in [0.1, 0.15) is 5.82 Å². The third kappa shape index (κ3) is 3.13. The number of halogens is 3. The molecule has 1 aliphatic carbocycles. The first kappa shape index (κ1) is 15.2. The second-order valence-electron chi connectivity index (χ2n) is 4.44. The van der Waals surface area contributed by atoms with Crippen LogP contribution in [0.3, 0.4) is 0 Å². The predicted octanol–water partition coefficient (Wildman–Crippen LogP) is 2.40. The minimum Gasteiger partial charge on any atom is -0.350 e. The Balaban J connectivity index is 0.00000162. The molecule has 3 nitrogen and oxygen atoms in total. The van der Waals surface area contributed by atoms with Gasteiger partial charge in [0.05, 0.1) is 10.6 Å². The minimum absolute atomic E-state index is 0. The number of rotatable bonds is 3. The molecule has 0 aromatic heterocycles. The number of benzene rings is 1. The van der Waals surface area contributed by atoms with Crippen LogP contribution < -0.4 is 11.1 Å². The van der Waals surface area contributed by atoms with Gasteiger partial charge in [-0.05, 0) is 37.0 Å². The molecular weight excluding hydrogens is 278 g/mol. The Hall–Kier alpha value is -0.840. The maximum Gasteiger partial charge on any atom is 0.240 e. The molecule has 0 radical (unpaired) electrons. The summed E-state index contributed by atoms with van der Waals surface area (Å²) >= 11 is 5.65. The van der Waals surface area contributed by atoms with Gasteiger partial charge in [-0.15, -0.1) is 12.4 Å². The zero-order valence-electron chi connectivity index (χ0n) is 9.71. The quantitative estimate of drug-likeness (QED) is 0.899. The van der Waals surface area contributed by atoms with Gasteiger partial charge in [-0.1, -0.05) is 17.7 Å². The van der Waals surface area contributed by atoms with Gasteiger partial charge < -0.3 is 11.1 Å². The van der Waals surface area contributed by atoms with Crippen LogP contribution in [0.2, 0.25) is 5.02 Å². The standard InChI is InChI=1S/C12H14ClFN2O.ClH/c13-9-6-8(2-3-10(9)14)7-16-11(17)12(15)4-1-5-12;/h2-3,6H,1,4-5,7,15H2,(H,16,17);1H. The van der Waals surface area contributed by atoms with E-state index in [2.05, 4.69) is 5.32 Å². The summed E-state index contributed by atoms with van der Waals surface area (Å²) in [6.45, 7) is 0.317. The highest BCUT2D eigenvalue weighted by atomic mass is 35.5. The Labute approximate surface area is 116 Å². The molecule has 18 heavy (non-hydrogen) atoms. The molecule has 0 saturated heterocycles. The van der Waals surface area contributed by atoms with Gasteiger partial charge in [0, 0.05) is 6.54 Å². The zero-order chi connectivity index (χ0) is 12.5. The van der Waals surface area contributed by atoms with E-state index in [0.717, 1.165) is 24.8 Å². The van der Waals surface area contributed by atoms with Gasteiger partial charge in [0.25, 0.3) is 0 Å². The van der Waals surface area contributed by atoms with E-state index in [9.17, 15) is 9.18 Å². The van der Waals surface area contributed by atoms with Gasteiger partial charge in [-0.25, -0.2) is 4.39 Å². The van der Waals surface area contributed by atoms with Crippen LogP contribution in [-0.4, -0.2) is 11.4 Å². The van der Waals surface area contributed by atoms with Crippen LogP contribution in [0.5, 0.6) is 0 Å². The van der Waals surface area contributed by atoms with Crippen LogP contribution in [0, 0.1) is 5.82 Å². The second-order valence-corrected chi connectivity index (χ2v) is 4.85. The first-order valence-corrected chi connectivity index (χ1v) is 5.90. The Bertz CT molecular complexity index is 450. The number of hydrogen-bond acceptors (Lipinski definition) is 2. The number of nitrogens with one attached hydrogen (secondary N) is 1. The molecule has 0 atom stereocenters. The molecule has 1 aliphatic rings. The molecule has 0 aliphatic heterocycles. The maximum absolute atomic E-state index is 12.9. The molecule has 1 aromatic carbocycles. The van der Waals surface area contributed by atoms with Crippen molar-refractivity contribution in [3.05, 3.63) is 34.6 Å². The van der Waals surface area contributed by atoms with Gasteiger partial charge >= 0.3 is 0 Å². The Morgan fingerprint density at radius 3 is 2.67 bits per heavy atom. The van der Waals surface area contributed by atoms with Gasteiger partial charge in [0.2, 0.25) is 5.91 Å². The molecule has 1 amide bonds. The topological polar surface area (TPSA) is 55.1 Å². The van der Waals surface area contributed by atoms with E-state index >= 15 is 0 Å². The summed E-state index contributed by atoms with van der Waals surface area (Å²) < 4.78 is 12.9. The van der Waals surface area contributed by atoms with Gasteiger partial charge in [-0.2, -0.15) is 0 Å². The van der Waals surface area contributed by atoms with Gasteiger partial charge in [-0.3, -0.25) is 4.79 Å². The third-order valence-corrected chi connectivity index (χ3v) is 3.42. The largest absolute Gasteiger partial charge is 0.350 e. The first-order chi connectivity index (χ1) is 8.01. The first-order valence-electron chi connectivity index (χ1n) is 5.52. The van der Waals surface area contributed by atoms with Crippen LogP contribution in [-0.2, 0) is 11.3 Å². The predicted molar refractivity (Wildman–Crippen MR) is 71.3 cm³/mol. The van der Waals surface area contributed by atoms with Crippen molar-refractivity contribution in [1.82, 2.24) is 5.32 Å². The van der Waals surface area contributed by atoms with Crippen LogP contribution in [0.1, 0.15) is 24.8 Å². The van der Waals surface area contributed by atoms with Crippen molar-refractivity contribution in [3.63, 3.8) is 0 Å². The van der Waals surface area contributed by atoms with E-state index in [4.69, 9.17) is 17.3 Å². The van der Waals surface area contributed by atoms with Crippen molar-refractivity contribution in [2.45, 2.75) is 31.3 Å². The number of nitrogens with two attached hydrogens (primary N) is 1. The fourth-order valence-corrected chi connectivity index (χ4v) is 2.00. The lowest BCUT2D eigenvalue weighted by Crippen LogP contribution is -2.58. The molecule has 3 N–H and O–H groups in total. The number of amides is 1. The van der Waals surface area contributed by atoms with Crippen molar-refractivity contribution in [3.8, 4) is 0 Å². The van der Waals surface area contributed by atoms with E-state index in [0.29, 0.717) is 6.54 Å². The van der Waals surface area contributed by atoms with Crippen molar-refractivity contribution in [2.24, 2.45) is 5.73 Å². The summed E-state index contributed by atoms with van der Waals surface area (Å²) in [4.78, 5) is 11.7. The number of carbonyl (C=O) groups excluding carboxylic acids is 1. The molecule has 2 rings (SSSR count). The van der Waals surface area contributed by atoms with E-state index < -0.39 is 11.4 Å². The van der Waals surface area contributed by atoms with Crippen LogP contribution in [0.4, 0.5) is 4.39 Å². The average Bonchev–Trinajstić information content (AvgIpc) is 2.27. The number of hydrogen-bond donors (Lipinski definition) is 2. The third-order valence-electron chi connectivity index (χ3n) is 3.14.